The maximum absolute atomic E-state index is 5.69. The molecule has 0 aliphatic heterocycles. The van der Waals surface area contributed by atoms with Crippen LogP contribution in [0.5, 0.6) is 0 Å². The smallest absolute Gasteiger partial charge is 0.0768 e. The molecule has 2 heteroatoms. The second kappa shape index (κ2) is 7.93. The molecule has 0 bridgehead atoms. The van der Waals surface area contributed by atoms with Gasteiger partial charge in [-0.05, 0) is 24.1 Å². The second-order valence-corrected chi connectivity index (χ2v) is 5.78. The van der Waals surface area contributed by atoms with E-state index in [1.165, 1.54) is 10.5 Å². The number of benzene rings is 2. The normalized spacial score (nSPS) is 13.7. The van der Waals surface area contributed by atoms with Crippen LogP contribution in [-0.4, -0.2) is 13.2 Å². The highest BCUT2D eigenvalue weighted by molar-refractivity contribution is 7.99. The highest BCUT2D eigenvalue weighted by Gasteiger charge is 2.23. The third-order valence-corrected chi connectivity index (χ3v) is 4.55. The highest BCUT2D eigenvalue weighted by Crippen LogP contribution is 2.39. The van der Waals surface area contributed by atoms with Gasteiger partial charge in [-0.25, -0.2) is 0 Å². The molecule has 2 atom stereocenters. The van der Waals surface area contributed by atoms with Crippen molar-refractivity contribution in [1.82, 2.24) is 0 Å². The minimum absolute atomic E-state index is 0.125. The minimum atomic E-state index is 0.125. The van der Waals surface area contributed by atoms with Gasteiger partial charge in [0.1, 0.15) is 0 Å². The van der Waals surface area contributed by atoms with E-state index in [0.717, 1.165) is 6.42 Å². The Kier molecular flexibility index (Phi) is 5.90. The Balaban J connectivity index is 2.26. The quantitative estimate of drug-likeness (QED) is 0.516. The molecule has 0 fully saturated rings. The summed E-state index contributed by atoms with van der Waals surface area (Å²) in [6.07, 6.45) is 2.89. The van der Waals surface area contributed by atoms with Crippen LogP contribution in [0.4, 0.5) is 0 Å². The molecule has 0 saturated heterocycles. The van der Waals surface area contributed by atoms with Gasteiger partial charge in [0.25, 0.3) is 0 Å². The number of hydrogen-bond acceptors (Lipinski definition) is 2. The van der Waals surface area contributed by atoms with Crippen molar-refractivity contribution in [3.05, 3.63) is 78.9 Å². The van der Waals surface area contributed by atoms with Crippen molar-refractivity contribution in [3.8, 4) is 0 Å². The van der Waals surface area contributed by atoms with Gasteiger partial charge in [0.15, 0.2) is 0 Å². The summed E-state index contributed by atoms with van der Waals surface area (Å²) in [5.41, 5.74) is 1.29. The van der Waals surface area contributed by atoms with Crippen LogP contribution in [0.15, 0.2) is 78.2 Å². The summed E-state index contributed by atoms with van der Waals surface area (Å²) in [5, 5.41) is 0.265. The number of methoxy groups -OCH3 is 1. The minimum Gasteiger partial charge on any atom is -0.380 e. The van der Waals surface area contributed by atoms with Crippen molar-refractivity contribution >= 4 is 11.8 Å². The van der Waals surface area contributed by atoms with Gasteiger partial charge in [-0.3, -0.25) is 0 Å². The first kappa shape index (κ1) is 14.9. The third kappa shape index (κ3) is 3.99. The molecule has 1 nitrogen and oxygen atoms in total. The van der Waals surface area contributed by atoms with Crippen LogP contribution >= 0.6 is 11.8 Å². The Bertz CT molecular complexity index is 509. The molecule has 0 radical (unpaired) electrons. The lowest BCUT2D eigenvalue weighted by Crippen LogP contribution is -2.18. The van der Waals surface area contributed by atoms with Crippen molar-refractivity contribution in [2.75, 3.05) is 7.11 Å². The van der Waals surface area contributed by atoms with Crippen LogP contribution in [0.1, 0.15) is 17.2 Å². The lowest BCUT2D eigenvalue weighted by atomic mass is 10.1. The molecule has 0 saturated carbocycles. The SMILES string of the molecule is C=CC[C@@H](OC)[C@H](Sc1ccccc1)c1ccccc1. The first-order valence-electron chi connectivity index (χ1n) is 6.75. The van der Waals surface area contributed by atoms with E-state index in [1.54, 1.807) is 7.11 Å². The summed E-state index contributed by atoms with van der Waals surface area (Å²) in [4.78, 5) is 1.26. The summed E-state index contributed by atoms with van der Waals surface area (Å²) < 4.78 is 5.69. The van der Waals surface area contributed by atoms with Crippen LogP contribution in [-0.2, 0) is 4.74 Å². The van der Waals surface area contributed by atoms with Crippen molar-refractivity contribution < 1.29 is 4.74 Å². The maximum Gasteiger partial charge on any atom is 0.0768 e. The number of hydrogen-bond donors (Lipinski definition) is 0. The van der Waals surface area contributed by atoms with Gasteiger partial charge in [-0.1, -0.05) is 54.6 Å². The Morgan fingerprint density at radius 1 is 1.05 bits per heavy atom. The lowest BCUT2D eigenvalue weighted by molar-refractivity contribution is 0.103. The van der Waals surface area contributed by atoms with E-state index in [-0.39, 0.29) is 11.4 Å². The Morgan fingerprint density at radius 2 is 1.65 bits per heavy atom. The van der Waals surface area contributed by atoms with Crippen LogP contribution in [0.25, 0.3) is 0 Å². The molecule has 0 aromatic heterocycles. The van der Waals surface area contributed by atoms with Crippen LogP contribution < -0.4 is 0 Å². The monoisotopic (exact) mass is 284 g/mol. The average molecular weight is 284 g/mol. The first-order chi connectivity index (χ1) is 9.85. The van der Waals surface area contributed by atoms with Gasteiger partial charge >= 0.3 is 0 Å². The first-order valence-corrected chi connectivity index (χ1v) is 7.63. The van der Waals surface area contributed by atoms with Gasteiger partial charge in [0.2, 0.25) is 0 Å². The lowest BCUT2D eigenvalue weighted by Gasteiger charge is -2.25. The Morgan fingerprint density at radius 3 is 2.20 bits per heavy atom. The van der Waals surface area contributed by atoms with E-state index in [0.29, 0.717) is 0 Å². The molecule has 0 heterocycles. The molecule has 104 valence electrons. The van der Waals surface area contributed by atoms with Crippen molar-refractivity contribution in [2.24, 2.45) is 0 Å². The standard InChI is InChI=1S/C18H20OS/c1-3-10-17(19-2)18(15-11-6-4-7-12-15)20-16-13-8-5-9-14-16/h3-9,11-14,17-18H,1,10H2,2H3/t17-,18-/m1/s1. The molecular weight excluding hydrogens is 264 g/mol. The Hall–Kier alpha value is -1.51. The molecule has 0 unspecified atom stereocenters. The van der Waals surface area contributed by atoms with Gasteiger partial charge in [-0.15, -0.1) is 18.3 Å². The van der Waals surface area contributed by atoms with Crippen LogP contribution in [0.2, 0.25) is 0 Å². The maximum atomic E-state index is 5.69. The van der Waals surface area contributed by atoms with E-state index in [9.17, 15) is 0 Å². The number of rotatable bonds is 7. The van der Waals surface area contributed by atoms with Gasteiger partial charge in [0, 0.05) is 12.0 Å². The fourth-order valence-corrected chi connectivity index (χ4v) is 3.43. The predicted molar refractivity (Wildman–Crippen MR) is 87.1 cm³/mol. The van der Waals surface area contributed by atoms with Crippen LogP contribution in [0.3, 0.4) is 0 Å². The fourth-order valence-electron chi connectivity index (χ4n) is 2.15. The van der Waals surface area contributed by atoms with E-state index in [2.05, 4.69) is 55.1 Å². The molecule has 0 aliphatic carbocycles. The topological polar surface area (TPSA) is 9.23 Å². The van der Waals surface area contributed by atoms with Crippen molar-refractivity contribution in [2.45, 2.75) is 22.7 Å². The molecule has 20 heavy (non-hydrogen) atoms. The van der Waals surface area contributed by atoms with Gasteiger partial charge in [0.05, 0.1) is 11.4 Å². The zero-order valence-corrected chi connectivity index (χ0v) is 12.6. The predicted octanol–water partition coefficient (Wildman–Crippen LogP) is 5.11. The molecule has 0 aliphatic rings. The summed E-state index contributed by atoms with van der Waals surface area (Å²) in [6.45, 7) is 3.84. The van der Waals surface area contributed by atoms with E-state index >= 15 is 0 Å². The van der Waals surface area contributed by atoms with Crippen molar-refractivity contribution in [3.63, 3.8) is 0 Å². The molecule has 0 amide bonds. The molecule has 2 rings (SSSR count). The summed E-state index contributed by atoms with van der Waals surface area (Å²) >= 11 is 1.84. The Labute approximate surface area is 125 Å². The zero-order valence-electron chi connectivity index (χ0n) is 11.7. The molecule has 0 spiro atoms. The van der Waals surface area contributed by atoms with Crippen molar-refractivity contribution in [1.29, 1.82) is 0 Å². The second-order valence-electron chi connectivity index (χ2n) is 4.56. The molecule has 2 aromatic carbocycles. The summed E-state index contributed by atoms with van der Waals surface area (Å²) in [6, 6.07) is 21.0. The fraction of sp³-hybridized carbons (Fsp3) is 0.222. The molecule has 2 aromatic rings. The summed E-state index contributed by atoms with van der Waals surface area (Å²) in [7, 11) is 1.77. The molecular formula is C18H20OS. The van der Waals surface area contributed by atoms with E-state index in [1.807, 2.05) is 30.0 Å². The van der Waals surface area contributed by atoms with Crippen LogP contribution in [0, 0.1) is 0 Å². The zero-order chi connectivity index (χ0) is 14.2. The third-order valence-electron chi connectivity index (χ3n) is 3.17. The molecule has 0 N–H and O–H groups in total. The largest absolute Gasteiger partial charge is 0.380 e. The number of thioether (sulfide) groups is 1. The highest BCUT2D eigenvalue weighted by atomic mass is 32.2. The van der Waals surface area contributed by atoms with E-state index in [4.69, 9.17) is 4.74 Å². The average Bonchev–Trinajstić information content (AvgIpc) is 2.52. The van der Waals surface area contributed by atoms with Gasteiger partial charge in [-0.2, -0.15) is 0 Å². The number of ether oxygens (including phenoxy) is 1. The van der Waals surface area contributed by atoms with Gasteiger partial charge < -0.3 is 4.74 Å². The van der Waals surface area contributed by atoms with E-state index < -0.39 is 0 Å². The summed E-state index contributed by atoms with van der Waals surface area (Å²) in [5.74, 6) is 0.